The first-order valence-electron chi connectivity index (χ1n) is 8.53. The van der Waals surface area contributed by atoms with Gasteiger partial charge in [0.15, 0.2) is 17.5 Å². The fourth-order valence-electron chi connectivity index (χ4n) is 2.68. The van der Waals surface area contributed by atoms with Gasteiger partial charge in [-0.1, -0.05) is 6.08 Å². The molecule has 1 aromatic heterocycles. The topological polar surface area (TPSA) is 68.0 Å². The first-order valence-corrected chi connectivity index (χ1v) is 8.53. The Labute approximate surface area is 178 Å². The number of hydrogen-bond acceptors (Lipinski definition) is 4. The summed E-state index contributed by atoms with van der Waals surface area (Å²) in [5, 5.41) is 6.59. The zero-order valence-electron chi connectivity index (χ0n) is 16.1. The van der Waals surface area contributed by atoms with Crippen LogP contribution in [0.15, 0.2) is 52.6 Å². The number of ether oxygens (including phenoxy) is 2. The van der Waals surface area contributed by atoms with Gasteiger partial charge in [0.2, 0.25) is 0 Å². The summed E-state index contributed by atoms with van der Waals surface area (Å²) in [5.74, 6) is 3.14. The molecule has 2 aromatic rings. The lowest BCUT2D eigenvalue weighted by Crippen LogP contribution is -2.37. The van der Waals surface area contributed by atoms with E-state index < -0.39 is 0 Å². The van der Waals surface area contributed by atoms with Gasteiger partial charge in [-0.2, -0.15) is 0 Å². The molecule has 0 bridgehead atoms. The molecule has 0 aliphatic rings. The average molecular weight is 485 g/mol. The van der Waals surface area contributed by atoms with Gasteiger partial charge in [0.25, 0.3) is 0 Å². The number of methoxy groups -OCH3 is 2. The third-order valence-electron chi connectivity index (χ3n) is 3.91. The van der Waals surface area contributed by atoms with E-state index in [1.54, 1.807) is 27.5 Å². The van der Waals surface area contributed by atoms with Crippen LogP contribution in [0.3, 0.4) is 0 Å². The molecule has 148 valence electrons. The zero-order chi connectivity index (χ0) is 18.8. The quantitative estimate of drug-likeness (QED) is 0.246. The molecule has 0 aliphatic carbocycles. The maximum absolute atomic E-state index is 5.47. The molecule has 0 unspecified atom stereocenters. The SMILES string of the molecule is C=CCc1cc(CNC(=NC)NCCc2ccco2)cc(OC)c1OC.I. The van der Waals surface area contributed by atoms with Gasteiger partial charge in [-0.25, -0.2) is 0 Å². The van der Waals surface area contributed by atoms with Crippen LogP contribution in [0.1, 0.15) is 16.9 Å². The van der Waals surface area contributed by atoms with E-state index in [0.29, 0.717) is 18.7 Å². The maximum atomic E-state index is 5.47. The lowest BCUT2D eigenvalue weighted by Gasteiger charge is -2.16. The predicted octanol–water partition coefficient (Wildman–Crippen LogP) is 3.55. The second-order valence-corrected chi connectivity index (χ2v) is 5.67. The molecule has 0 fully saturated rings. The first kappa shape index (κ1) is 22.9. The predicted molar refractivity (Wildman–Crippen MR) is 119 cm³/mol. The Morgan fingerprint density at radius 1 is 1.26 bits per heavy atom. The van der Waals surface area contributed by atoms with E-state index in [9.17, 15) is 0 Å². The molecule has 1 aromatic carbocycles. The van der Waals surface area contributed by atoms with Gasteiger partial charge in [0.05, 0.1) is 20.5 Å². The fourth-order valence-corrected chi connectivity index (χ4v) is 2.68. The Morgan fingerprint density at radius 3 is 2.67 bits per heavy atom. The molecule has 7 heteroatoms. The minimum absolute atomic E-state index is 0. The summed E-state index contributed by atoms with van der Waals surface area (Å²) in [5.41, 5.74) is 2.12. The number of nitrogens with one attached hydrogen (secondary N) is 2. The summed E-state index contributed by atoms with van der Waals surface area (Å²) < 4.78 is 16.3. The summed E-state index contributed by atoms with van der Waals surface area (Å²) in [6.45, 7) is 5.16. The molecule has 0 spiro atoms. The highest BCUT2D eigenvalue weighted by molar-refractivity contribution is 14.0. The van der Waals surface area contributed by atoms with Crippen molar-refractivity contribution in [3.63, 3.8) is 0 Å². The number of nitrogens with zero attached hydrogens (tertiary/aromatic N) is 1. The van der Waals surface area contributed by atoms with E-state index in [1.807, 2.05) is 24.3 Å². The van der Waals surface area contributed by atoms with Crippen LogP contribution in [0.5, 0.6) is 11.5 Å². The van der Waals surface area contributed by atoms with Crippen molar-refractivity contribution >= 4 is 29.9 Å². The van der Waals surface area contributed by atoms with Crippen LogP contribution in [-0.2, 0) is 19.4 Å². The van der Waals surface area contributed by atoms with Crippen molar-refractivity contribution in [3.05, 3.63) is 60.1 Å². The van der Waals surface area contributed by atoms with Gasteiger partial charge in [-0.3, -0.25) is 4.99 Å². The molecule has 2 N–H and O–H groups in total. The number of guanidine groups is 1. The third kappa shape index (κ3) is 6.82. The van der Waals surface area contributed by atoms with Crippen LogP contribution < -0.4 is 20.1 Å². The number of aliphatic imine (C=N–C) groups is 1. The van der Waals surface area contributed by atoms with Crippen molar-refractivity contribution in [3.8, 4) is 11.5 Å². The Bertz CT molecular complexity index is 730. The van der Waals surface area contributed by atoms with E-state index in [4.69, 9.17) is 13.9 Å². The van der Waals surface area contributed by atoms with E-state index in [1.165, 1.54) is 0 Å². The van der Waals surface area contributed by atoms with Crippen LogP contribution in [0.25, 0.3) is 0 Å². The van der Waals surface area contributed by atoms with Crippen LogP contribution in [0.4, 0.5) is 0 Å². The smallest absolute Gasteiger partial charge is 0.191 e. The highest BCUT2D eigenvalue weighted by Crippen LogP contribution is 2.33. The molecule has 0 saturated heterocycles. The average Bonchev–Trinajstić information content (AvgIpc) is 3.17. The number of hydrogen-bond donors (Lipinski definition) is 2. The summed E-state index contributed by atoms with van der Waals surface area (Å²) in [7, 11) is 5.04. The molecule has 27 heavy (non-hydrogen) atoms. The van der Waals surface area contributed by atoms with E-state index in [2.05, 4.69) is 28.3 Å². The maximum Gasteiger partial charge on any atom is 0.191 e. The van der Waals surface area contributed by atoms with Crippen LogP contribution in [0, 0.1) is 0 Å². The molecule has 0 saturated carbocycles. The van der Waals surface area contributed by atoms with Gasteiger partial charge in [-0.05, 0) is 36.2 Å². The summed E-state index contributed by atoms with van der Waals surface area (Å²) in [4.78, 5) is 4.25. The molecule has 0 aliphatic heterocycles. The molecular weight excluding hydrogens is 457 g/mol. The van der Waals surface area contributed by atoms with Crippen LogP contribution >= 0.6 is 24.0 Å². The molecule has 6 nitrogen and oxygen atoms in total. The van der Waals surface area contributed by atoms with Gasteiger partial charge in [0, 0.05) is 32.1 Å². The standard InChI is InChI=1S/C20H27N3O3.HI/c1-5-7-16-12-15(13-18(24-3)19(16)25-4)14-23-20(21-2)22-10-9-17-8-6-11-26-17;/h5-6,8,11-13H,1,7,9-10,14H2,2-4H3,(H2,21,22,23);1H. The number of allylic oxidation sites excluding steroid dienone is 1. The van der Waals surface area contributed by atoms with Crippen molar-refractivity contribution in [2.45, 2.75) is 19.4 Å². The Kier molecular flexibility index (Phi) is 10.4. The Balaban J connectivity index is 0.00000364. The lowest BCUT2D eigenvalue weighted by molar-refractivity contribution is 0.352. The van der Waals surface area contributed by atoms with Crippen LogP contribution in [-0.4, -0.2) is 33.8 Å². The molecule has 1 heterocycles. The van der Waals surface area contributed by atoms with E-state index in [-0.39, 0.29) is 24.0 Å². The van der Waals surface area contributed by atoms with Gasteiger partial charge < -0.3 is 24.5 Å². The third-order valence-corrected chi connectivity index (χ3v) is 3.91. The van der Waals surface area contributed by atoms with E-state index >= 15 is 0 Å². The lowest BCUT2D eigenvalue weighted by atomic mass is 10.1. The van der Waals surface area contributed by atoms with Crippen LogP contribution in [0.2, 0.25) is 0 Å². The van der Waals surface area contributed by atoms with Crippen molar-refractivity contribution in [1.29, 1.82) is 0 Å². The number of halogens is 1. The van der Waals surface area contributed by atoms with Gasteiger partial charge >= 0.3 is 0 Å². The monoisotopic (exact) mass is 485 g/mol. The summed E-state index contributed by atoms with van der Waals surface area (Å²) in [6, 6.07) is 7.91. The highest BCUT2D eigenvalue weighted by atomic mass is 127. The minimum Gasteiger partial charge on any atom is -0.493 e. The largest absolute Gasteiger partial charge is 0.493 e. The van der Waals surface area contributed by atoms with Crippen molar-refractivity contribution in [2.24, 2.45) is 4.99 Å². The summed E-state index contributed by atoms with van der Waals surface area (Å²) >= 11 is 0. The number of benzene rings is 1. The first-order chi connectivity index (χ1) is 12.7. The Hall–Kier alpha value is -2.16. The fraction of sp³-hybridized carbons (Fsp3) is 0.350. The minimum atomic E-state index is 0. The number of rotatable bonds is 9. The van der Waals surface area contributed by atoms with E-state index in [0.717, 1.165) is 41.6 Å². The van der Waals surface area contributed by atoms with Gasteiger partial charge in [0.1, 0.15) is 5.76 Å². The molecular formula is C20H28IN3O3. The van der Waals surface area contributed by atoms with Crippen molar-refractivity contribution < 1.29 is 13.9 Å². The van der Waals surface area contributed by atoms with Gasteiger partial charge in [-0.15, -0.1) is 30.6 Å². The number of furan rings is 1. The normalized spacial score (nSPS) is 10.7. The molecule has 0 atom stereocenters. The summed E-state index contributed by atoms with van der Waals surface area (Å²) in [6.07, 6.45) is 5.04. The second-order valence-electron chi connectivity index (χ2n) is 5.67. The Morgan fingerprint density at radius 2 is 2.07 bits per heavy atom. The molecule has 0 amide bonds. The molecule has 2 rings (SSSR count). The van der Waals surface area contributed by atoms with Crippen molar-refractivity contribution in [1.82, 2.24) is 10.6 Å². The zero-order valence-corrected chi connectivity index (χ0v) is 18.4. The molecule has 0 radical (unpaired) electrons. The van der Waals surface area contributed by atoms with Crippen molar-refractivity contribution in [2.75, 3.05) is 27.8 Å². The highest BCUT2D eigenvalue weighted by Gasteiger charge is 2.12. The second kappa shape index (κ2) is 12.3.